The van der Waals surface area contributed by atoms with Gasteiger partial charge in [-0.1, -0.05) is 18.1 Å². The molecule has 0 saturated carbocycles. The first-order chi connectivity index (χ1) is 9.52. The van der Waals surface area contributed by atoms with E-state index in [0.29, 0.717) is 5.56 Å². The number of urea groups is 1. The minimum absolute atomic E-state index is 0.101. The molecule has 2 amide bonds. The van der Waals surface area contributed by atoms with Crippen molar-refractivity contribution in [2.24, 2.45) is 0 Å². The van der Waals surface area contributed by atoms with Gasteiger partial charge >= 0.3 is 12.0 Å². The summed E-state index contributed by atoms with van der Waals surface area (Å²) < 4.78 is 0. The third-order valence-electron chi connectivity index (χ3n) is 2.49. The van der Waals surface area contributed by atoms with Gasteiger partial charge in [-0.15, -0.1) is 5.92 Å². The zero-order chi connectivity index (χ0) is 15.0. The Morgan fingerprint density at radius 1 is 1.30 bits per heavy atom. The molecular formula is C14H16N2O4. The number of nitrogens with one attached hydrogen (secondary N) is 2. The topological polar surface area (TPSA) is 98.7 Å². The normalized spacial score (nSPS) is 10.8. The molecule has 0 bridgehead atoms. The molecule has 0 aliphatic heterocycles. The summed E-state index contributed by atoms with van der Waals surface area (Å²) in [5, 5.41) is 23.0. The molecule has 0 unspecified atom stereocenters. The third-order valence-corrected chi connectivity index (χ3v) is 2.49. The van der Waals surface area contributed by atoms with E-state index in [-0.39, 0.29) is 18.7 Å². The highest BCUT2D eigenvalue weighted by molar-refractivity contribution is 5.82. The number of carboxylic acids is 1. The van der Waals surface area contributed by atoms with Crippen LogP contribution in [0.1, 0.15) is 12.5 Å². The van der Waals surface area contributed by atoms with Crippen molar-refractivity contribution in [2.75, 3.05) is 6.54 Å². The summed E-state index contributed by atoms with van der Waals surface area (Å²) in [6.45, 7) is 1.80. The van der Waals surface area contributed by atoms with Gasteiger partial charge in [0.25, 0.3) is 0 Å². The van der Waals surface area contributed by atoms with Crippen LogP contribution >= 0.6 is 0 Å². The fraction of sp³-hybridized carbons (Fsp3) is 0.286. The second-order valence-electron chi connectivity index (χ2n) is 4.02. The summed E-state index contributed by atoms with van der Waals surface area (Å²) in [5.74, 6) is 4.22. The molecule has 6 heteroatoms. The summed E-state index contributed by atoms with van der Waals surface area (Å²) in [6, 6.07) is 4.50. The fourth-order valence-corrected chi connectivity index (χ4v) is 1.49. The number of carbonyl (C=O) groups is 2. The number of carbonyl (C=O) groups excluding carboxylic acids is 1. The van der Waals surface area contributed by atoms with Crippen molar-refractivity contribution in [2.45, 2.75) is 19.4 Å². The molecule has 0 aliphatic carbocycles. The average molecular weight is 276 g/mol. The summed E-state index contributed by atoms with van der Waals surface area (Å²) in [7, 11) is 0. The number of benzene rings is 1. The van der Waals surface area contributed by atoms with Crippen molar-refractivity contribution in [1.29, 1.82) is 0 Å². The van der Waals surface area contributed by atoms with Crippen LogP contribution in [0.2, 0.25) is 0 Å². The van der Waals surface area contributed by atoms with Gasteiger partial charge in [-0.2, -0.15) is 0 Å². The van der Waals surface area contributed by atoms with Crippen LogP contribution in [-0.4, -0.2) is 34.8 Å². The monoisotopic (exact) mass is 276 g/mol. The first-order valence-electron chi connectivity index (χ1n) is 5.97. The van der Waals surface area contributed by atoms with Crippen LogP contribution in [0.25, 0.3) is 0 Å². The zero-order valence-electron chi connectivity index (χ0n) is 11.0. The number of aliphatic carboxylic acids is 1. The van der Waals surface area contributed by atoms with Gasteiger partial charge in [0.2, 0.25) is 0 Å². The van der Waals surface area contributed by atoms with E-state index in [9.17, 15) is 9.59 Å². The summed E-state index contributed by atoms with van der Waals surface area (Å²) in [6.07, 6.45) is 0.127. The van der Waals surface area contributed by atoms with Crippen LogP contribution in [0.4, 0.5) is 4.79 Å². The highest BCUT2D eigenvalue weighted by atomic mass is 16.4. The van der Waals surface area contributed by atoms with Crippen molar-refractivity contribution in [3.8, 4) is 17.6 Å². The highest BCUT2D eigenvalue weighted by Gasteiger charge is 2.20. The van der Waals surface area contributed by atoms with Gasteiger partial charge in [-0.05, 0) is 24.6 Å². The maximum Gasteiger partial charge on any atom is 0.326 e. The van der Waals surface area contributed by atoms with E-state index in [4.69, 9.17) is 10.2 Å². The molecule has 0 aromatic heterocycles. The van der Waals surface area contributed by atoms with Gasteiger partial charge in [-0.25, -0.2) is 9.59 Å². The average Bonchev–Trinajstić information content (AvgIpc) is 2.40. The number of aromatic hydroxyl groups is 1. The second kappa shape index (κ2) is 7.69. The minimum Gasteiger partial charge on any atom is -0.508 e. The van der Waals surface area contributed by atoms with Crippen LogP contribution in [0.15, 0.2) is 24.3 Å². The van der Waals surface area contributed by atoms with E-state index in [2.05, 4.69) is 22.5 Å². The zero-order valence-corrected chi connectivity index (χ0v) is 11.0. The van der Waals surface area contributed by atoms with E-state index < -0.39 is 18.0 Å². The summed E-state index contributed by atoms with van der Waals surface area (Å²) in [5.41, 5.74) is 0.698. The molecular weight excluding hydrogens is 260 g/mol. The maximum atomic E-state index is 11.5. The van der Waals surface area contributed by atoms with E-state index in [1.165, 1.54) is 12.1 Å². The molecule has 1 aromatic rings. The molecule has 1 atom stereocenters. The first-order valence-corrected chi connectivity index (χ1v) is 5.97. The lowest BCUT2D eigenvalue weighted by atomic mass is 10.1. The highest BCUT2D eigenvalue weighted by Crippen LogP contribution is 2.11. The second-order valence-corrected chi connectivity index (χ2v) is 4.02. The molecule has 0 radical (unpaired) electrons. The van der Waals surface area contributed by atoms with Crippen molar-refractivity contribution < 1.29 is 19.8 Å². The van der Waals surface area contributed by atoms with Crippen molar-refractivity contribution in [3.05, 3.63) is 29.8 Å². The molecule has 20 heavy (non-hydrogen) atoms. The summed E-state index contributed by atoms with van der Waals surface area (Å²) >= 11 is 0. The molecule has 1 rings (SSSR count). The predicted octanol–water partition coefficient (Wildman–Crippen LogP) is 0.710. The maximum absolute atomic E-state index is 11.5. The molecule has 0 saturated heterocycles. The SMILES string of the molecule is CC#CCNC(=O)N[C@H](Cc1ccc(O)cc1)C(=O)O. The molecule has 0 heterocycles. The third kappa shape index (κ3) is 5.31. The number of amides is 2. The lowest BCUT2D eigenvalue weighted by molar-refractivity contribution is -0.139. The van der Waals surface area contributed by atoms with Gasteiger partial charge in [0.1, 0.15) is 11.8 Å². The molecule has 106 valence electrons. The van der Waals surface area contributed by atoms with Gasteiger partial charge in [0.05, 0.1) is 6.54 Å². The van der Waals surface area contributed by atoms with Gasteiger partial charge < -0.3 is 20.8 Å². The Hall–Kier alpha value is -2.68. The Morgan fingerprint density at radius 2 is 1.95 bits per heavy atom. The molecule has 4 N–H and O–H groups in total. The number of phenolic OH excluding ortho intramolecular Hbond substituents is 1. The number of rotatable bonds is 5. The Balaban J connectivity index is 2.60. The number of hydrogen-bond acceptors (Lipinski definition) is 3. The van der Waals surface area contributed by atoms with E-state index in [1.807, 2.05) is 0 Å². The van der Waals surface area contributed by atoms with Crippen LogP contribution < -0.4 is 10.6 Å². The molecule has 0 fully saturated rings. The van der Waals surface area contributed by atoms with E-state index in [0.717, 1.165) is 0 Å². The molecule has 0 aliphatic rings. The van der Waals surface area contributed by atoms with E-state index in [1.54, 1.807) is 19.1 Å². The van der Waals surface area contributed by atoms with Crippen LogP contribution in [-0.2, 0) is 11.2 Å². The predicted molar refractivity (Wildman–Crippen MR) is 73.2 cm³/mol. The largest absolute Gasteiger partial charge is 0.508 e. The molecule has 6 nitrogen and oxygen atoms in total. The Kier molecular flexibility index (Phi) is 5.91. The number of hydrogen-bond donors (Lipinski definition) is 4. The lowest BCUT2D eigenvalue weighted by Gasteiger charge is -2.14. The Labute approximate surface area is 116 Å². The van der Waals surface area contributed by atoms with Crippen molar-refractivity contribution in [1.82, 2.24) is 10.6 Å². The fourth-order valence-electron chi connectivity index (χ4n) is 1.49. The Bertz CT molecular complexity index is 528. The molecule has 0 spiro atoms. The number of carboxylic acid groups (broad SMARTS) is 1. The standard InChI is InChI=1S/C14H16N2O4/c1-2-3-8-15-14(20)16-12(13(18)19)9-10-4-6-11(17)7-5-10/h4-7,12,17H,8-9H2,1H3,(H,18,19)(H2,15,16,20)/t12-/m1/s1. The van der Waals surface area contributed by atoms with Crippen molar-refractivity contribution >= 4 is 12.0 Å². The molecule has 1 aromatic carbocycles. The Morgan fingerprint density at radius 3 is 2.50 bits per heavy atom. The first kappa shape index (κ1) is 15.4. The number of phenols is 1. The van der Waals surface area contributed by atoms with Crippen LogP contribution in [0, 0.1) is 11.8 Å². The lowest BCUT2D eigenvalue weighted by Crippen LogP contribution is -2.47. The van der Waals surface area contributed by atoms with E-state index >= 15 is 0 Å². The smallest absolute Gasteiger partial charge is 0.326 e. The van der Waals surface area contributed by atoms with Gasteiger partial charge in [0.15, 0.2) is 0 Å². The van der Waals surface area contributed by atoms with Crippen LogP contribution in [0.5, 0.6) is 5.75 Å². The van der Waals surface area contributed by atoms with Gasteiger partial charge in [-0.3, -0.25) is 0 Å². The minimum atomic E-state index is -1.13. The van der Waals surface area contributed by atoms with Crippen molar-refractivity contribution in [3.63, 3.8) is 0 Å². The quantitative estimate of drug-likeness (QED) is 0.595. The van der Waals surface area contributed by atoms with Crippen LogP contribution in [0.3, 0.4) is 0 Å². The van der Waals surface area contributed by atoms with Gasteiger partial charge in [0, 0.05) is 6.42 Å². The summed E-state index contributed by atoms with van der Waals surface area (Å²) in [4.78, 5) is 22.6.